The van der Waals surface area contributed by atoms with Crippen molar-refractivity contribution in [3.63, 3.8) is 0 Å². The molecule has 112 valence electrons. The zero-order valence-electron chi connectivity index (χ0n) is 12.6. The van der Waals surface area contributed by atoms with Crippen LogP contribution in [0.4, 0.5) is 0 Å². The number of aryl methyl sites for hydroxylation is 1. The van der Waals surface area contributed by atoms with Crippen molar-refractivity contribution in [2.24, 2.45) is 0 Å². The number of nitrogens with one attached hydrogen (secondary N) is 1. The molecule has 0 aliphatic heterocycles. The first-order chi connectivity index (χ1) is 10.7. The highest BCUT2D eigenvalue weighted by Crippen LogP contribution is 2.07. The lowest BCUT2D eigenvalue weighted by Gasteiger charge is -2.12. The van der Waals surface area contributed by atoms with Crippen molar-refractivity contribution in [3.05, 3.63) is 72.2 Å². The number of fused-ring (bicyclic) bond motifs is 1. The summed E-state index contributed by atoms with van der Waals surface area (Å²) in [7, 11) is 0. The summed E-state index contributed by atoms with van der Waals surface area (Å²) in [6.45, 7) is 2.02. The number of nitrogens with zero attached hydrogens (tertiary/aromatic N) is 2. The van der Waals surface area contributed by atoms with E-state index >= 15 is 0 Å². The molecule has 1 aromatic carbocycles. The monoisotopic (exact) mass is 293 g/mol. The Labute approximate surface area is 129 Å². The van der Waals surface area contributed by atoms with E-state index in [0.717, 1.165) is 18.5 Å². The second-order valence-corrected chi connectivity index (χ2v) is 5.49. The van der Waals surface area contributed by atoms with Gasteiger partial charge < -0.3 is 9.72 Å². The minimum Gasteiger partial charge on any atom is -0.348 e. The number of carbonyl (C=O) groups is 1. The molecule has 0 spiro atoms. The zero-order chi connectivity index (χ0) is 15.4. The molecule has 1 N–H and O–H groups in total. The van der Waals surface area contributed by atoms with Crippen molar-refractivity contribution in [3.8, 4) is 0 Å². The summed E-state index contributed by atoms with van der Waals surface area (Å²) < 4.78 is 1.85. The molecule has 1 amide bonds. The number of hydrogen-bond donors (Lipinski definition) is 1. The van der Waals surface area contributed by atoms with Crippen LogP contribution in [0.15, 0.2) is 60.9 Å². The van der Waals surface area contributed by atoms with Crippen LogP contribution in [0.1, 0.15) is 29.4 Å². The first-order valence-corrected chi connectivity index (χ1v) is 7.51. The third kappa shape index (κ3) is 3.34. The fourth-order valence-corrected chi connectivity index (χ4v) is 2.44. The van der Waals surface area contributed by atoms with Gasteiger partial charge in [0.05, 0.1) is 0 Å². The summed E-state index contributed by atoms with van der Waals surface area (Å²) in [4.78, 5) is 16.6. The maximum absolute atomic E-state index is 12.2. The van der Waals surface area contributed by atoms with Gasteiger partial charge in [0.15, 0.2) is 0 Å². The highest BCUT2D eigenvalue weighted by molar-refractivity contribution is 5.93. The summed E-state index contributed by atoms with van der Waals surface area (Å²) in [6, 6.07) is 16.1. The molecule has 0 radical (unpaired) electrons. The Balaban J connectivity index is 1.58. The fourth-order valence-electron chi connectivity index (χ4n) is 2.44. The second kappa shape index (κ2) is 6.43. The lowest BCUT2D eigenvalue weighted by Crippen LogP contribution is -2.33. The first kappa shape index (κ1) is 14.3. The van der Waals surface area contributed by atoms with E-state index in [4.69, 9.17) is 0 Å². The smallest absolute Gasteiger partial charge is 0.271 e. The Bertz CT molecular complexity index is 731. The minimum absolute atomic E-state index is 0.109. The Hall–Kier alpha value is -2.62. The van der Waals surface area contributed by atoms with Gasteiger partial charge in [0.25, 0.3) is 5.91 Å². The van der Waals surface area contributed by atoms with Crippen molar-refractivity contribution in [1.29, 1.82) is 0 Å². The highest BCUT2D eigenvalue weighted by Gasteiger charge is 2.13. The Kier molecular flexibility index (Phi) is 4.19. The van der Waals surface area contributed by atoms with Gasteiger partial charge in [-0.3, -0.25) is 4.79 Å². The SMILES string of the molecule is C[C@H](CCc1ccccc1)NC(=O)c1cn2ccccc2n1. The van der Waals surface area contributed by atoms with E-state index in [1.165, 1.54) is 5.56 Å². The highest BCUT2D eigenvalue weighted by atomic mass is 16.1. The fraction of sp³-hybridized carbons (Fsp3) is 0.222. The van der Waals surface area contributed by atoms with E-state index < -0.39 is 0 Å². The summed E-state index contributed by atoms with van der Waals surface area (Å²) in [5, 5.41) is 3.01. The quantitative estimate of drug-likeness (QED) is 0.786. The second-order valence-electron chi connectivity index (χ2n) is 5.49. The molecule has 0 fully saturated rings. The molecule has 0 aliphatic rings. The van der Waals surface area contributed by atoms with Gasteiger partial charge in [0.2, 0.25) is 0 Å². The Morgan fingerprint density at radius 1 is 1.18 bits per heavy atom. The zero-order valence-corrected chi connectivity index (χ0v) is 12.6. The van der Waals surface area contributed by atoms with Gasteiger partial charge in [0.1, 0.15) is 11.3 Å². The lowest BCUT2D eigenvalue weighted by molar-refractivity contribution is 0.0934. The standard InChI is InChI=1S/C18H19N3O/c1-14(10-11-15-7-3-2-4-8-15)19-18(22)16-13-21-12-6-5-9-17(21)20-16/h2-9,12-14H,10-11H2,1H3,(H,19,22)/t14-/m1/s1. The van der Waals surface area contributed by atoms with Gasteiger partial charge in [-0.1, -0.05) is 36.4 Å². The van der Waals surface area contributed by atoms with Gasteiger partial charge in [-0.25, -0.2) is 4.98 Å². The molecule has 4 nitrogen and oxygen atoms in total. The molecule has 0 saturated carbocycles. The Morgan fingerprint density at radius 3 is 2.73 bits per heavy atom. The molecule has 3 rings (SSSR count). The van der Waals surface area contributed by atoms with Gasteiger partial charge in [-0.15, -0.1) is 0 Å². The topological polar surface area (TPSA) is 46.4 Å². The van der Waals surface area contributed by atoms with Gasteiger partial charge in [-0.05, 0) is 37.5 Å². The normalized spacial score (nSPS) is 12.2. The average molecular weight is 293 g/mol. The molecule has 3 aromatic rings. The van der Waals surface area contributed by atoms with E-state index in [9.17, 15) is 4.79 Å². The van der Waals surface area contributed by atoms with Crippen LogP contribution in [0.25, 0.3) is 5.65 Å². The average Bonchev–Trinajstić information content (AvgIpc) is 2.98. The number of rotatable bonds is 5. The van der Waals surface area contributed by atoms with Crippen molar-refractivity contribution < 1.29 is 4.79 Å². The summed E-state index contributed by atoms with van der Waals surface area (Å²) in [6.07, 6.45) is 5.50. The predicted octanol–water partition coefficient (Wildman–Crippen LogP) is 3.09. The van der Waals surface area contributed by atoms with Crippen LogP contribution in [0.3, 0.4) is 0 Å². The molecular formula is C18H19N3O. The maximum atomic E-state index is 12.2. The van der Waals surface area contributed by atoms with Crippen molar-refractivity contribution in [1.82, 2.24) is 14.7 Å². The summed E-state index contributed by atoms with van der Waals surface area (Å²) in [5.41, 5.74) is 2.53. The van der Waals surface area contributed by atoms with Gasteiger partial charge in [0, 0.05) is 18.4 Å². The number of imidazole rings is 1. The summed E-state index contributed by atoms with van der Waals surface area (Å²) >= 11 is 0. The molecule has 1 atom stereocenters. The molecule has 0 aliphatic carbocycles. The molecule has 2 heterocycles. The number of pyridine rings is 1. The molecule has 2 aromatic heterocycles. The van der Waals surface area contributed by atoms with Crippen molar-refractivity contribution in [2.75, 3.05) is 0 Å². The van der Waals surface area contributed by atoms with Gasteiger partial charge >= 0.3 is 0 Å². The molecule has 0 unspecified atom stereocenters. The third-order valence-corrected chi connectivity index (χ3v) is 3.68. The summed E-state index contributed by atoms with van der Waals surface area (Å²) in [5.74, 6) is -0.121. The predicted molar refractivity (Wildman–Crippen MR) is 86.9 cm³/mol. The van der Waals surface area contributed by atoms with Crippen LogP contribution in [0, 0.1) is 0 Å². The first-order valence-electron chi connectivity index (χ1n) is 7.51. The molecule has 0 saturated heterocycles. The van der Waals surface area contributed by atoms with E-state index in [2.05, 4.69) is 22.4 Å². The van der Waals surface area contributed by atoms with E-state index in [-0.39, 0.29) is 11.9 Å². The molecule has 0 bridgehead atoms. The van der Waals surface area contributed by atoms with E-state index in [1.807, 2.05) is 53.9 Å². The minimum atomic E-state index is -0.121. The number of carbonyl (C=O) groups excluding carboxylic acids is 1. The maximum Gasteiger partial charge on any atom is 0.271 e. The molecule has 4 heteroatoms. The number of amides is 1. The molecule has 22 heavy (non-hydrogen) atoms. The lowest BCUT2D eigenvalue weighted by atomic mass is 10.1. The van der Waals surface area contributed by atoms with Crippen molar-refractivity contribution in [2.45, 2.75) is 25.8 Å². The van der Waals surface area contributed by atoms with Crippen LogP contribution in [0.2, 0.25) is 0 Å². The number of aromatic nitrogens is 2. The van der Waals surface area contributed by atoms with E-state index in [1.54, 1.807) is 6.20 Å². The largest absolute Gasteiger partial charge is 0.348 e. The third-order valence-electron chi connectivity index (χ3n) is 3.68. The van der Waals surface area contributed by atoms with Crippen molar-refractivity contribution >= 4 is 11.6 Å². The van der Waals surface area contributed by atoms with Crippen LogP contribution < -0.4 is 5.32 Å². The number of hydrogen-bond acceptors (Lipinski definition) is 2. The Morgan fingerprint density at radius 2 is 1.95 bits per heavy atom. The van der Waals surface area contributed by atoms with Crippen LogP contribution in [0.5, 0.6) is 0 Å². The van der Waals surface area contributed by atoms with Crippen LogP contribution in [-0.2, 0) is 6.42 Å². The van der Waals surface area contributed by atoms with Crippen LogP contribution >= 0.6 is 0 Å². The van der Waals surface area contributed by atoms with Gasteiger partial charge in [-0.2, -0.15) is 0 Å². The van der Waals surface area contributed by atoms with E-state index in [0.29, 0.717) is 5.69 Å². The molecular weight excluding hydrogens is 274 g/mol. The van der Waals surface area contributed by atoms with Crippen LogP contribution in [-0.4, -0.2) is 21.3 Å². The number of benzene rings is 1.